The highest BCUT2D eigenvalue weighted by Crippen LogP contribution is 2.36. The van der Waals surface area contributed by atoms with Crippen molar-refractivity contribution in [2.45, 2.75) is 19.3 Å². The van der Waals surface area contributed by atoms with Gasteiger partial charge >= 0.3 is 0 Å². The molecule has 2 atom stereocenters. The number of anilines is 1. The van der Waals surface area contributed by atoms with Gasteiger partial charge in [-0.3, -0.25) is 4.79 Å². The van der Waals surface area contributed by atoms with E-state index in [1.807, 2.05) is 61.5 Å². The van der Waals surface area contributed by atoms with E-state index in [1.54, 1.807) is 0 Å². The Bertz CT molecular complexity index is 813. The number of benzene rings is 2. The van der Waals surface area contributed by atoms with Crippen LogP contribution in [0.5, 0.6) is 0 Å². The molecule has 0 bridgehead atoms. The first-order valence-electron chi connectivity index (χ1n) is 8.05. The monoisotopic (exact) mass is 343 g/mol. The summed E-state index contributed by atoms with van der Waals surface area (Å²) in [5.41, 5.74) is 2.86. The van der Waals surface area contributed by atoms with Gasteiger partial charge in [0.15, 0.2) is 9.84 Å². The van der Waals surface area contributed by atoms with Gasteiger partial charge in [-0.25, -0.2) is 8.42 Å². The van der Waals surface area contributed by atoms with Crippen molar-refractivity contribution in [1.82, 2.24) is 0 Å². The smallest absolute Gasteiger partial charge is 0.224 e. The van der Waals surface area contributed by atoms with Crippen molar-refractivity contribution in [3.05, 3.63) is 65.7 Å². The fraction of sp³-hybridized carbons (Fsp3) is 0.316. The lowest BCUT2D eigenvalue weighted by molar-refractivity contribution is -0.117. The van der Waals surface area contributed by atoms with Crippen molar-refractivity contribution in [2.75, 3.05) is 16.8 Å². The van der Waals surface area contributed by atoms with Gasteiger partial charge in [-0.2, -0.15) is 0 Å². The number of nitrogens with one attached hydrogen (secondary N) is 1. The zero-order valence-corrected chi connectivity index (χ0v) is 14.4. The van der Waals surface area contributed by atoms with E-state index in [1.165, 1.54) is 0 Å². The molecule has 2 aromatic carbocycles. The number of rotatable bonds is 4. The van der Waals surface area contributed by atoms with Crippen LogP contribution in [0.2, 0.25) is 0 Å². The normalized spacial score (nSPS) is 22.2. The fourth-order valence-electron chi connectivity index (χ4n) is 3.28. The van der Waals surface area contributed by atoms with E-state index in [-0.39, 0.29) is 35.7 Å². The predicted octanol–water partition coefficient (Wildman–Crippen LogP) is 3.15. The Morgan fingerprint density at radius 1 is 1.04 bits per heavy atom. The van der Waals surface area contributed by atoms with Crippen LogP contribution >= 0.6 is 0 Å². The fourth-order valence-corrected chi connectivity index (χ4v) is 5.43. The molecule has 2 aromatic rings. The zero-order valence-electron chi connectivity index (χ0n) is 13.6. The van der Waals surface area contributed by atoms with E-state index in [2.05, 4.69) is 5.32 Å². The molecule has 1 heterocycles. The van der Waals surface area contributed by atoms with Gasteiger partial charge in [-0.1, -0.05) is 48.0 Å². The summed E-state index contributed by atoms with van der Waals surface area (Å²) in [6, 6.07) is 17.2. The number of carbonyl (C=O) groups is 1. The summed E-state index contributed by atoms with van der Waals surface area (Å²) in [5, 5.41) is 2.86. The SMILES string of the molecule is Cc1ccc(NC(=O)CC2CS(=O)(=O)CC2c2ccccc2)cc1. The lowest BCUT2D eigenvalue weighted by Crippen LogP contribution is -2.20. The Kier molecular flexibility index (Phi) is 4.71. The summed E-state index contributed by atoms with van der Waals surface area (Å²) in [5.74, 6) is -0.224. The van der Waals surface area contributed by atoms with Gasteiger partial charge < -0.3 is 5.32 Å². The van der Waals surface area contributed by atoms with E-state index >= 15 is 0 Å². The third-order valence-corrected chi connectivity index (χ3v) is 6.28. The summed E-state index contributed by atoms with van der Waals surface area (Å²) in [6.07, 6.45) is 0.215. The molecule has 1 saturated heterocycles. The van der Waals surface area contributed by atoms with E-state index < -0.39 is 9.84 Å². The molecule has 5 heteroatoms. The molecule has 1 amide bonds. The number of amides is 1. The van der Waals surface area contributed by atoms with Gasteiger partial charge in [0, 0.05) is 18.0 Å². The van der Waals surface area contributed by atoms with Crippen molar-refractivity contribution < 1.29 is 13.2 Å². The van der Waals surface area contributed by atoms with Crippen LogP contribution in [0.15, 0.2) is 54.6 Å². The maximum Gasteiger partial charge on any atom is 0.224 e. The molecule has 0 spiro atoms. The standard InChI is InChI=1S/C19H21NO3S/c1-14-7-9-17(10-8-14)20-19(21)11-16-12-24(22,23)13-18(16)15-5-3-2-4-6-15/h2-10,16,18H,11-13H2,1H3,(H,20,21). The molecule has 0 aliphatic carbocycles. The van der Waals surface area contributed by atoms with Gasteiger partial charge in [0.2, 0.25) is 5.91 Å². The van der Waals surface area contributed by atoms with E-state index in [9.17, 15) is 13.2 Å². The van der Waals surface area contributed by atoms with Crippen molar-refractivity contribution >= 4 is 21.4 Å². The summed E-state index contributed by atoms with van der Waals surface area (Å²) in [4.78, 5) is 12.3. The molecule has 1 N–H and O–H groups in total. The maximum atomic E-state index is 12.3. The second-order valence-electron chi connectivity index (χ2n) is 6.47. The van der Waals surface area contributed by atoms with Crippen LogP contribution in [0.3, 0.4) is 0 Å². The Hall–Kier alpha value is -2.14. The molecule has 1 aliphatic rings. The summed E-state index contributed by atoms with van der Waals surface area (Å²) >= 11 is 0. The second kappa shape index (κ2) is 6.77. The predicted molar refractivity (Wildman–Crippen MR) is 95.8 cm³/mol. The number of aryl methyl sites for hydroxylation is 1. The Labute approximate surface area is 142 Å². The minimum atomic E-state index is -3.10. The molecule has 3 rings (SSSR count). The minimum absolute atomic E-state index is 0.0773. The Balaban J connectivity index is 1.72. The molecule has 2 unspecified atom stereocenters. The van der Waals surface area contributed by atoms with Crippen molar-refractivity contribution in [2.24, 2.45) is 5.92 Å². The molecular weight excluding hydrogens is 322 g/mol. The van der Waals surface area contributed by atoms with Crippen molar-refractivity contribution in [1.29, 1.82) is 0 Å². The van der Waals surface area contributed by atoms with Crippen LogP contribution in [0.25, 0.3) is 0 Å². The van der Waals surface area contributed by atoms with Gasteiger partial charge in [0.1, 0.15) is 0 Å². The number of carbonyl (C=O) groups excluding carboxylic acids is 1. The number of hydrogen-bond donors (Lipinski definition) is 1. The molecule has 126 valence electrons. The van der Waals surface area contributed by atoms with Crippen molar-refractivity contribution in [3.8, 4) is 0 Å². The first kappa shape index (κ1) is 16.7. The van der Waals surface area contributed by atoms with Crippen LogP contribution < -0.4 is 5.32 Å². The minimum Gasteiger partial charge on any atom is -0.326 e. The molecule has 24 heavy (non-hydrogen) atoms. The first-order chi connectivity index (χ1) is 11.4. The first-order valence-corrected chi connectivity index (χ1v) is 9.87. The average molecular weight is 343 g/mol. The second-order valence-corrected chi connectivity index (χ2v) is 8.63. The number of hydrogen-bond acceptors (Lipinski definition) is 3. The molecule has 1 fully saturated rings. The topological polar surface area (TPSA) is 63.2 Å². The summed E-state index contributed by atoms with van der Waals surface area (Å²) < 4.78 is 24.1. The highest BCUT2D eigenvalue weighted by molar-refractivity contribution is 7.91. The third kappa shape index (κ3) is 4.03. The molecule has 0 saturated carbocycles. The zero-order chi connectivity index (χ0) is 17.2. The molecular formula is C19H21NO3S. The van der Waals surface area contributed by atoms with Crippen LogP contribution in [0, 0.1) is 12.8 Å². The van der Waals surface area contributed by atoms with Crippen LogP contribution in [0.1, 0.15) is 23.5 Å². The Morgan fingerprint density at radius 3 is 2.38 bits per heavy atom. The van der Waals surface area contributed by atoms with Crippen LogP contribution in [0.4, 0.5) is 5.69 Å². The highest BCUT2D eigenvalue weighted by atomic mass is 32.2. The Morgan fingerprint density at radius 2 is 1.71 bits per heavy atom. The van der Waals surface area contributed by atoms with Gasteiger partial charge in [-0.05, 0) is 30.5 Å². The summed E-state index contributed by atoms with van der Waals surface area (Å²) in [7, 11) is -3.10. The van der Waals surface area contributed by atoms with E-state index in [0.717, 1.165) is 16.8 Å². The molecule has 0 radical (unpaired) electrons. The summed E-state index contributed by atoms with van der Waals surface area (Å²) in [6.45, 7) is 1.99. The largest absolute Gasteiger partial charge is 0.326 e. The van der Waals surface area contributed by atoms with Crippen LogP contribution in [-0.4, -0.2) is 25.8 Å². The van der Waals surface area contributed by atoms with Crippen molar-refractivity contribution in [3.63, 3.8) is 0 Å². The number of sulfone groups is 1. The molecule has 0 aromatic heterocycles. The van der Waals surface area contributed by atoms with Crippen LogP contribution in [-0.2, 0) is 14.6 Å². The van der Waals surface area contributed by atoms with Gasteiger partial charge in [-0.15, -0.1) is 0 Å². The average Bonchev–Trinajstić information content (AvgIpc) is 2.85. The third-order valence-electron chi connectivity index (χ3n) is 4.48. The maximum absolute atomic E-state index is 12.3. The highest BCUT2D eigenvalue weighted by Gasteiger charge is 2.39. The lowest BCUT2D eigenvalue weighted by atomic mass is 9.86. The van der Waals surface area contributed by atoms with E-state index in [0.29, 0.717) is 0 Å². The van der Waals surface area contributed by atoms with Gasteiger partial charge in [0.25, 0.3) is 0 Å². The quantitative estimate of drug-likeness (QED) is 0.927. The molecule has 4 nitrogen and oxygen atoms in total. The van der Waals surface area contributed by atoms with E-state index in [4.69, 9.17) is 0 Å². The van der Waals surface area contributed by atoms with Gasteiger partial charge in [0.05, 0.1) is 11.5 Å². The molecule has 1 aliphatic heterocycles. The lowest BCUT2D eigenvalue weighted by Gasteiger charge is -2.18.